The number of carbonyl (C=O) groups is 1. The van der Waals surface area contributed by atoms with Gasteiger partial charge in [0.1, 0.15) is 0 Å². The molecule has 0 spiro atoms. The maximum atomic E-state index is 11.9. The Bertz CT molecular complexity index is 478. The van der Waals surface area contributed by atoms with E-state index in [1.807, 2.05) is 6.07 Å². The number of nitrogens with one attached hydrogen (secondary N) is 1. The Labute approximate surface area is 125 Å². The first-order valence-electron chi connectivity index (χ1n) is 7.51. The van der Waals surface area contributed by atoms with Gasteiger partial charge in [0.25, 0.3) is 5.91 Å². The van der Waals surface area contributed by atoms with Crippen LogP contribution in [0.3, 0.4) is 0 Å². The minimum absolute atomic E-state index is 0.482. The third-order valence-electron chi connectivity index (χ3n) is 3.66. The Hall–Kier alpha value is -1.72. The number of hydrazone groups is 1. The molecule has 5 heteroatoms. The highest BCUT2D eigenvalue weighted by molar-refractivity contribution is 5.88. The number of piperidine rings is 1. The molecule has 1 heterocycles. The van der Waals surface area contributed by atoms with E-state index in [2.05, 4.69) is 22.4 Å². The minimum atomic E-state index is -1.17. The van der Waals surface area contributed by atoms with Gasteiger partial charge in [-0.25, -0.2) is 5.43 Å². The molecule has 2 N–H and O–H groups in total. The summed E-state index contributed by atoms with van der Waals surface area (Å²) in [6.07, 6.45) is 1.74. The van der Waals surface area contributed by atoms with E-state index < -0.39 is 12.0 Å². The zero-order valence-corrected chi connectivity index (χ0v) is 12.5. The number of rotatable bonds is 5. The summed E-state index contributed by atoms with van der Waals surface area (Å²) in [5, 5.41) is 14.1. The molecule has 1 atom stereocenters. The second kappa shape index (κ2) is 7.90. The van der Waals surface area contributed by atoms with Crippen LogP contribution in [0.25, 0.3) is 0 Å². The molecule has 0 saturated carbocycles. The Morgan fingerprint density at radius 3 is 2.62 bits per heavy atom. The van der Waals surface area contributed by atoms with Crippen LogP contribution in [0, 0.1) is 0 Å². The molecule has 21 heavy (non-hydrogen) atoms. The molecular weight excluding hydrogens is 266 g/mol. The van der Waals surface area contributed by atoms with Gasteiger partial charge in [0, 0.05) is 31.6 Å². The number of aliphatic hydroxyl groups excluding tert-OH is 1. The quantitative estimate of drug-likeness (QED) is 0.811. The van der Waals surface area contributed by atoms with Crippen LogP contribution < -0.4 is 5.43 Å². The molecule has 1 aromatic rings. The summed E-state index contributed by atoms with van der Waals surface area (Å²) in [4.78, 5) is 14.3. The van der Waals surface area contributed by atoms with Crippen molar-refractivity contribution >= 4 is 11.6 Å². The molecule has 1 fully saturated rings. The van der Waals surface area contributed by atoms with Crippen molar-refractivity contribution in [3.05, 3.63) is 35.9 Å². The molecule has 1 amide bonds. The van der Waals surface area contributed by atoms with Crippen LogP contribution in [0.5, 0.6) is 0 Å². The van der Waals surface area contributed by atoms with E-state index in [4.69, 9.17) is 0 Å². The minimum Gasteiger partial charge on any atom is -0.378 e. The lowest BCUT2D eigenvalue weighted by Gasteiger charge is -2.26. The topological polar surface area (TPSA) is 64.9 Å². The van der Waals surface area contributed by atoms with Gasteiger partial charge in [0.05, 0.1) is 0 Å². The van der Waals surface area contributed by atoms with Crippen LogP contribution in [-0.4, -0.2) is 41.3 Å². The van der Waals surface area contributed by atoms with E-state index in [1.165, 1.54) is 0 Å². The lowest BCUT2D eigenvalue weighted by atomic mass is 10.1. The van der Waals surface area contributed by atoms with Crippen LogP contribution in [-0.2, 0) is 4.79 Å². The van der Waals surface area contributed by atoms with Crippen molar-refractivity contribution in [2.45, 2.75) is 32.3 Å². The summed E-state index contributed by atoms with van der Waals surface area (Å²) in [5.74, 6) is -0.482. The Kier molecular flexibility index (Phi) is 5.90. The van der Waals surface area contributed by atoms with E-state index in [0.29, 0.717) is 5.56 Å². The highest BCUT2D eigenvalue weighted by Gasteiger charge is 2.18. The van der Waals surface area contributed by atoms with E-state index in [9.17, 15) is 9.90 Å². The lowest BCUT2D eigenvalue weighted by molar-refractivity contribution is -0.129. The number of benzene rings is 1. The van der Waals surface area contributed by atoms with Crippen LogP contribution in [0.2, 0.25) is 0 Å². The molecule has 1 unspecified atom stereocenters. The second-order valence-corrected chi connectivity index (χ2v) is 5.31. The Morgan fingerprint density at radius 1 is 1.33 bits per heavy atom. The predicted octanol–water partition coefficient (Wildman–Crippen LogP) is 1.70. The van der Waals surface area contributed by atoms with E-state index in [0.717, 1.165) is 44.6 Å². The number of hydrogen-bond donors (Lipinski definition) is 2. The lowest BCUT2D eigenvalue weighted by Crippen LogP contribution is -2.35. The molecule has 0 aliphatic carbocycles. The maximum Gasteiger partial charge on any atom is 0.273 e. The Balaban J connectivity index is 1.82. The standard InChI is InChI=1S/C16H23N3O2/c1-2-10-19-11-8-14(9-12-19)17-18-16(21)15(20)13-6-4-3-5-7-13/h3-7,15,20H,2,8-12H2,1H3,(H,18,21). The molecule has 2 rings (SSSR count). The molecule has 1 saturated heterocycles. The molecular formula is C16H23N3O2. The van der Waals surface area contributed by atoms with Crippen molar-refractivity contribution in [2.75, 3.05) is 19.6 Å². The number of likely N-dealkylation sites (tertiary alicyclic amines) is 1. The highest BCUT2D eigenvalue weighted by atomic mass is 16.3. The van der Waals surface area contributed by atoms with E-state index >= 15 is 0 Å². The zero-order chi connectivity index (χ0) is 15.1. The summed E-state index contributed by atoms with van der Waals surface area (Å²) in [6, 6.07) is 8.88. The molecule has 5 nitrogen and oxygen atoms in total. The SMILES string of the molecule is CCCN1CCC(=NNC(=O)C(O)c2ccccc2)CC1. The smallest absolute Gasteiger partial charge is 0.273 e. The summed E-state index contributed by atoms with van der Waals surface area (Å²) in [5.41, 5.74) is 4.05. The summed E-state index contributed by atoms with van der Waals surface area (Å²) in [7, 11) is 0. The molecule has 114 valence electrons. The first kappa shape index (κ1) is 15.7. The molecule has 1 aliphatic rings. The number of nitrogens with zero attached hydrogens (tertiary/aromatic N) is 2. The van der Waals surface area contributed by atoms with Gasteiger partial charge in [0.2, 0.25) is 0 Å². The largest absolute Gasteiger partial charge is 0.378 e. The van der Waals surface area contributed by atoms with Crippen molar-refractivity contribution in [1.29, 1.82) is 0 Å². The van der Waals surface area contributed by atoms with Crippen molar-refractivity contribution in [3.63, 3.8) is 0 Å². The van der Waals surface area contributed by atoms with Crippen molar-refractivity contribution in [3.8, 4) is 0 Å². The average Bonchev–Trinajstić information content (AvgIpc) is 2.54. The molecule has 0 radical (unpaired) electrons. The monoisotopic (exact) mass is 289 g/mol. The Morgan fingerprint density at radius 2 is 2.00 bits per heavy atom. The molecule has 0 aromatic heterocycles. The predicted molar refractivity (Wildman–Crippen MR) is 82.9 cm³/mol. The van der Waals surface area contributed by atoms with Gasteiger partial charge < -0.3 is 10.0 Å². The first-order chi connectivity index (χ1) is 10.2. The number of carbonyl (C=O) groups excluding carboxylic acids is 1. The van der Waals surface area contributed by atoms with Crippen LogP contribution in [0.15, 0.2) is 35.4 Å². The molecule has 1 aliphatic heterocycles. The van der Waals surface area contributed by atoms with E-state index in [1.54, 1.807) is 24.3 Å². The van der Waals surface area contributed by atoms with Gasteiger partial charge in [-0.15, -0.1) is 0 Å². The van der Waals surface area contributed by atoms with Crippen LogP contribution in [0.1, 0.15) is 37.9 Å². The fourth-order valence-corrected chi connectivity index (χ4v) is 2.44. The molecule has 1 aromatic carbocycles. The van der Waals surface area contributed by atoms with Crippen molar-refractivity contribution in [1.82, 2.24) is 10.3 Å². The van der Waals surface area contributed by atoms with Gasteiger partial charge >= 0.3 is 0 Å². The normalized spacial score (nSPS) is 17.3. The van der Waals surface area contributed by atoms with E-state index in [-0.39, 0.29) is 0 Å². The zero-order valence-electron chi connectivity index (χ0n) is 12.5. The summed E-state index contributed by atoms with van der Waals surface area (Å²) in [6.45, 7) is 5.27. The third kappa shape index (κ3) is 4.65. The van der Waals surface area contributed by atoms with Gasteiger partial charge in [-0.2, -0.15) is 5.10 Å². The fourth-order valence-electron chi connectivity index (χ4n) is 2.44. The summed E-state index contributed by atoms with van der Waals surface area (Å²) < 4.78 is 0. The van der Waals surface area contributed by atoms with Gasteiger partial charge in [-0.1, -0.05) is 37.3 Å². The van der Waals surface area contributed by atoms with Crippen molar-refractivity contribution < 1.29 is 9.90 Å². The second-order valence-electron chi connectivity index (χ2n) is 5.31. The van der Waals surface area contributed by atoms with Crippen molar-refractivity contribution in [2.24, 2.45) is 5.10 Å². The highest BCUT2D eigenvalue weighted by Crippen LogP contribution is 2.12. The maximum absolute atomic E-state index is 11.9. The van der Waals surface area contributed by atoms with Gasteiger partial charge in [0.15, 0.2) is 6.10 Å². The number of hydrogen-bond acceptors (Lipinski definition) is 4. The van der Waals surface area contributed by atoms with Gasteiger partial charge in [-0.05, 0) is 18.5 Å². The number of amides is 1. The molecule has 0 bridgehead atoms. The fraction of sp³-hybridized carbons (Fsp3) is 0.500. The summed E-state index contributed by atoms with van der Waals surface area (Å²) >= 11 is 0. The average molecular weight is 289 g/mol. The first-order valence-corrected chi connectivity index (χ1v) is 7.51. The van der Waals surface area contributed by atoms with Crippen LogP contribution >= 0.6 is 0 Å². The number of aliphatic hydroxyl groups is 1. The van der Waals surface area contributed by atoms with Crippen LogP contribution in [0.4, 0.5) is 0 Å². The third-order valence-corrected chi connectivity index (χ3v) is 3.66. The van der Waals surface area contributed by atoms with Gasteiger partial charge in [-0.3, -0.25) is 4.79 Å².